The zero-order valence-corrected chi connectivity index (χ0v) is 11.9. The average molecular weight is 296 g/mol. The van der Waals surface area contributed by atoms with Gasteiger partial charge >= 0.3 is 0 Å². The summed E-state index contributed by atoms with van der Waals surface area (Å²) < 4.78 is 7.00. The van der Waals surface area contributed by atoms with Crippen molar-refractivity contribution in [1.82, 2.24) is 5.32 Å². The number of nitrogens with one attached hydrogen (secondary N) is 1. The lowest BCUT2D eigenvalue weighted by atomic mass is 10.1. The molecule has 2 nitrogen and oxygen atoms in total. The van der Waals surface area contributed by atoms with Crippen LogP contribution in [0.4, 0.5) is 0 Å². The van der Waals surface area contributed by atoms with Gasteiger partial charge in [0.25, 0.3) is 0 Å². The topological polar surface area (TPSA) is 25.2 Å². The Labute approximate surface area is 111 Å². The molecule has 0 amide bonds. The molecule has 3 heteroatoms. The van der Waals surface area contributed by atoms with Crippen molar-refractivity contribution in [3.8, 4) is 0 Å². The van der Waals surface area contributed by atoms with E-state index in [1.807, 2.05) is 12.1 Å². The fourth-order valence-corrected chi connectivity index (χ4v) is 2.47. The average Bonchev–Trinajstić information content (AvgIpc) is 2.71. The monoisotopic (exact) mass is 295 g/mol. The molecular weight excluding hydrogens is 278 g/mol. The molecule has 1 atom stereocenters. The maximum atomic E-state index is 5.91. The summed E-state index contributed by atoms with van der Waals surface area (Å²) in [7, 11) is 0. The zero-order chi connectivity index (χ0) is 12.3. The van der Waals surface area contributed by atoms with Crippen molar-refractivity contribution < 1.29 is 4.42 Å². The molecule has 0 bridgehead atoms. The van der Waals surface area contributed by atoms with E-state index in [1.165, 1.54) is 0 Å². The molecule has 17 heavy (non-hydrogen) atoms. The van der Waals surface area contributed by atoms with E-state index in [1.54, 1.807) is 0 Å². The molecule has 1 aromatic heterocycles. The van der Waals surface area contributed by atoms with Gasteiger partial charge in [-0.1, -0.05) is 36.2 Å². The molecule has 1 aromatic carbocycles. The molecule has 0 saturated heterocycles. The van der Waals surface area contributed by atoms with Gasteiger partial charge in [-0.2, -0.15) is 0 Å². The van der Waals surface area contributed by atoms with Crippen LogP contribution in [0, 0.1) is 0 Å². The van der Waals surface area contributed by atoms with Gasteiger partial charge < -0.3 is 9.73 Å². The highest BCUT2D eigenvalue weighted by Gasteiger charge is 2.14. The maximum absolute atomic E-state index is 5.91. The molecule has 0 spiro atoms. The van der Waals surface area contributed by atoms with E-state index in [0.29, 0.717) is 6.04 Å². The van der Waals surface area contributed by atoms with Gasteiger partial charge in [-0.3, -0.25) is 0 Å². The molecule has 0 saturated carbocycles. The summed E-state index contributed by atoms with van der Waals surface area (Å²) in [6.07, 6.45) is 2.26. The molecule has 2 rings (SSSR count). The van der Waals surface area contributed by atoms with Crippen LogP contribution >= 0.6 is 15.9 Å². The molecule has 0 aliphatic carbocycles. The standard InChI is InChI=1S/C14H18BrNO/c1-3-5-12(16-4-2)14-9-10-8-11(15)6-7-13(10)17-14/h6-9,12,16H,3-5H2,1-2H3. The predicted molar refractivity (Wildman–Crippen MR) is 75.2 cm³/mol. The highest BCUT2D eigenvalue weighted by atomic mass is 79.9. The summed E-state index contributed by atoms with van der Waals surface area (Å²) in [6.45, 7) is 5.29. The number of halogens is 1. The lowest BCUT2D eigenvalue weighted by Crippen LogP contribution is -2.20. The van der Waals surface area contributed by atoms with Gasteiger partial charge in [0.05, 0.1) is 6.04 Å². The van der Waals surface area contributed by atoms with E-state index < -0.39 is 0 Å². The fourth-order valence-electron chi connectivity index (χ4n) is 2.09. The van der Waals surface area contributed by atoms with Crippen molar-refractivity contribution in [2.45, 2.75) is 32.7 Å². The van der Waals surface area contributed by atoms with Gasteiger partial charge in [-0.05, 0) is 37.2 Å². The first-order valence-corrected chi connectivity index (χ1v) is 6.96. The number of hydrogen-bond donors (Lipinski definition) is 1. The molecular formula is C14H18BrNO. The highest BCUT2D eigenvalue weighted by Crippen LogP contribution is 2.28. The van der Waals surface area contributed by atoms with Gasteiger partial charge in [0.2, 0.25) is 0 Å². The predicted octanol–water partition coefficient (Wildman–Crippen LogP) is 4.65. The minimum atomic E-state index is 0.330. The molecule has 92 valence electrons. The zero-order valence-electron chi connectivity index (χ0n) is 10.3. The molecule has 1 unspecified atom stereocenters. The van der Waals surface area contributed by atoms with E-state index in [0.717, 1.165) is 40.6 Å². The lowest BCUT2D eigenvalue weighted by molar-refractivity contribution is 0.414. The molecule has 1 N–H and O–H groups in total. The first-order chi connectivity index (χ1) is 8.24. The Bertz CT molecular complexity index is 486. The third-order valence-electron chi connectivity index (χ3n) is 2.87. The van der Waals surface area contributed by atoms with Crippen molar-refractivity contribution >= 4 is 26.9 Å². The fraction of sp³-hybridized carbons (Fsp3) is 0.429. The summed E-state index contributed by atoms with van der Waals surface area (Å²) in [5.41, 5.74) is 0.960. The maximum Gasteiger partial charge on any atom is 0.134 e. The number of rotatable bonds is 5. The minimum absolute atomic E-state index is 0.330. The number of benzene rings is 1. The number of furan rings is 1. The third-order valence-corrected chi connectivity index (χ3v) is 3.36. The largest absolute Gasteiger partial charge is 0.459 e. The molecule has 1 heterocycles. The van der Waals surface area contributed by atoms with E-state index >= 15 is 0 Å². The van der Waals surface area contributed by atoms with Crippen molar-refractivity contribution in [2.24, 2.45) is 0 Å². The second-order valence-electron chi connectivity index (χ2n) is 4.23. The van der Waals surface area contributed by atoms with Gasteiger partial charge in [0.15, 0.2) is 0 Å². The van der Waals surface area contributed by atoms with Gasteiger partial charge in [0, 0.05) is 9.86 Å². The Hall–Kier alpha value is -0.800. The van der Waals surface area contributed by atoms with Crippen LogP contribution in [0.25, 0.3) is 11.0 Å². The quantitative estimate of drug-likeness (QED) is 0.869. The third kappa shape index (κ3) is 2.90. The van der Waals surface area contributed by atoms with Crippen LogP contribution in [0.15, 0.2) is 33.2 Å². The van der Waals surface area contributed by atoms with Crippen molar-refractivity contribution in [2.75, 3.05) is 6.54 Å². The summed E-state index contributed by atoms with van der Waals surface area (Å²) in [6, 6.07) is 8.59. The van der Waals surface area contributed by atoms with Crippen LogP contribution < -0.4 is 5.32 Å². The Balaban J connectivity index is 2.33. The first kappa shape index (κ1) is 12.7. The van der Waals surface area contributed by atoms with E-state index in [4.69, 9.17) is 4.42 Å². The Kier molecular flexibility index (Phi) is 4.24. The van der Waals surface area contributed by atoms with Crippen LogP contribution in [0.5, 0.6) is 0 Å². The van der Waals surface area contributed by atoms with Crippen LogP contribution in [-0.4, -0.2) is 6.54 Å². The summed E-state index contributed by atoms with van der Waals surface area (Å²) in [5.74, 6) is 1.04. The van der Waals surface area contributed by atoms with Gasteiger partial charge in [0.1, 0.15) is 11.3 Å². The van der Waals surface area contributed by atoms with Gasteiger partial charge in [-0.15, -0.1) is 0 Å². The first-order valence-electron chi connectivity index (χ1n) is 6.17. The van der Waals surface area contributed by atoms with E-state index in [9.17, 15) is 0 Å². The van der Waals surface area contributed by atoms with Crippen LogP contribution in [0.1, 0.15) is 38.5 Å². The number of hydrogen-bond acceptors (Lipinski definition) is 2. The van der Waals surface area contributed by atoms with Crippen LogP contribution in [-0.2, 0) is 0 Å². The van der Waals surface area contributed by atoms with Crippen LogP contribution in [0.3, 0.4) is 0 Å². The summed E-state index contributed by atoms with van der Waals surface area (Å²) in [4.78, 5) is 0. The molecule has 0 fully saturated rings. The smallest absolute Gasteiger partial charge is 0.134 e. The number of fused-ring (bicyclic) bond motifs is 1. The Morgan fingerprint density at radius 2 is 2.12 bits per heavy atom. The van der Waals surface area contributed by atoms with Crippen molar-refractivity contribution in [1.29, 1.82) is 0 Å². The van der Waals surface area contributed by atoms with Crippen molar-refractivity contribution in [3.05, 3.63) is 34.5 Å². The Morgan fingerprint density at radius 3 is 2.82 bits per heavy atom. The molecule has 0 aliphatic heterocycles. The molecule has 0 radical (unpaired) electrons. The SMILES string of the molecule is CCCC(NCC)c1cc2cc(Br)ccc2o1. The lowest BCUT2D eigenvalue weighted by Gasteiger charge is -2.13. The second-order valence-corrected chi connectivity index (χ2v) is 5.15. The van der Waals surface area contributed by atoms with E-state index in [-0.39, 0.29) is 0 Å². The van der Waals surface area contributed by atoms with E-state index in [2.05, 4.69) is 47.2 Å². The molecule has 0 aliphatic rings. The Morgan fingerprint density at radius 1 is 1.29 bits per heavy atom. The second kappa shape index (κ2) is 5.69. The minimum Gasteiger partial charge on any atom is -0.459 e. The van der Waals surface area contributed by atoms with Crippen LogP contribution in [0.2, 0.25) is 0 Å². The summed E-state index contributed by atoms with van der Waals surface area (Å²) in [5, 5.41) is 4.63. The highest BCUT2D eigenvalue weighted by molar-refractivity contribution is 9.10. The van der Waals surface area contributed by atoms with Gasteiger partial charge in [-0.25, -0.2) is 0 Å². The molecule has 2 aromatic rings. The normalized spacial score (nSPS) is 13.1. The summed E-state index contributed by atoms with van der Waals surface area (Å²) >= 11 is 3.48. The van der Waals surface area contributed by atoms with Crippen molar-refractivity contribution in [3.63, 3.8) is 0 Å².